The summed E-state index contributed by atoms with van der Waals surface area (Å²) in [5.74, 6) is 1.24. The number of anilines is 1. The maximum Gasteiger partial charge on any atom is 0.257 e. The van der Waals surface area contributed by atoms with Crippen molar-refractivity contribution < 1.29 is 14.3 Å². The molecule has 6 heteroatoms. The van der Waals surface area contributed by atoms with Gasteiger partial charge in [0.25, 0.3) is 5.91 Å². The van der Waals surface area contributed by atoms with Gasteiger partial charge in [-0.25, -0.2) is 0 Å². The fourth-order valence-electron chi connectivity index (χ4n) is 2.66. The fourth-order valence-corrected chi connectivity index (χ4v) is 2.87. The molecule has 0 aliphatic rings. The molecule has 0 aromatic heterocycles. The first-order valence-corrected chi connectivity index (χ1v) is 9.61. The number of nitrogens with one attached hydrogen (secondary N) is 2. The molecule has 1 amide bonds. The van der Waals surface area contributed by atoms with Crippen molar-refractivity contribution in [3.8, 4) is 11.5 Å². The number of hydrogen-bond donors (Lipinski definition) is 2. The number of rotatable bonds is 7. The largest absolute Gasteiger partial charge is 0.490 e. The highest BCUT2D eigenvalue weighted by molar-refractivity contribution is 7.80. The van der Waals surface area contributed by atoms with Crippen LogP contribution >= 0.6 is 12.2 Å². The molecule has 0 radical (unpaired) electrons. The predicted octanol–water partition coefficient (Wildman–Crippen LogP) is 4.58. The number of para-hydroxylation sites is 1. The van der Waals surface area contributed by atoms with E-state index in [9.17, 15) is 4.79 Å². The van der Waals surface area contributed by atoms with Crippen molar-refractivity contribution in [3.63, 3.8) is 0 Å². The molecule has 0 saturated heterocycles. The van der Waals surface area contributed by atoms with E-state index in [-0.39, 0.29) is 11.0 Å². The third-order valence-electron chi connectivity index (χ3n) is 4.07. The maximum atomic E-state index is 12.3. The molecule has 0 aliphatic heterocycles. The highest BCUT2D eigenvalue weighted by Gasteiger charge is 2.10. The second kappa shape index (κ2) is 10.2. The van der Waals surface area contributed by atoms with Gasteiger partial charge < -0.3 is 14.8 Å². The zero-order valence-corrected chi connectivity index (χ0v) is 16.9. The van der Waals surface area contributed by atoms with Crippen LogP contribution in [0.15, 0.2) is 78.9 Å². The van der Waals surface area contributed by atoms with Crippen LogP contribution in [0.25, 0.3) is 0 Å². The first-order valence-electron chi connectivity index (χ1n) is 9.20. The molecule has 0 aliphatic carbocycles. The van der Waals surface area contributed by atoms with Gasteiger partial charge in [0.1, 0.15) is 24.7 Å². The van der Waals surface area contributed by atoms with E-state index in [4.69, 9.17) is 21.7 Å². The Labute approximate surface area is 175 Å². The van der Waals surface area contributed by atoms with Crippen LogP contribution in [0.2, 0.25) is 0 Å². The number of amides is 1. The van der Waals surface area contributed by atoms with Crippen molar-refractivity contribution in [3.05, 3.63) is 90.0 Å². The summed E-state index contributed by atoms with van der Waals surface area (Å²) >= 11 is 5.26. The SMILES string of the molecule is Cc1ccccc1C(=O)NC(=S)Nc1cccc(OCCOc2ccccc2)c1. The molecule has 0 saturated carbocycles. The van der Waals surface area contributed by atoms with E-state index in [1.54, 1.807) is 6.07 Å². The van der Waals surface area contributed by atoms with Gasteiger partial charge in [-0.15, -0.1) is 0 Å². The number of benzene rings is 3. The number of carbonyl (C=O) groups excluding carboxylic acids is 1. The van der Waals surface area contributed by atoms with Crippen molar-refractivity contribution in [2.45, 2.75) is 6.92 Å². The van der Waals surface area contributed by atoms with Crippen LogP contribution in [-0.2, 0) is 0 Å². The van der Waals surface area contributed by atoms with Gasteiger partial charge >= 0.3 is 0 Å². The minimum absolute atomic E-state index is 0.225. The molecular weight excluding hydrogens is 384 g/mol. The van der Waals surface area contributed by atoms with Crippen molar-refractivity contribution in [1.82, 2.24) is 5.32 Å². The molecule has 0 unspecified atom stereocenters. The van der Waals surface area contributed by atoms with Crippen LogP contribution in [0.1, 0.15) is 15.9 Å². The van der Waals surface area contributed by atoms with E-state index in [0.29, 0.717) is 24.5 Å². The molecule has 0 fully saturated rings. The molecule has 0 bridgehead atoms. The average molecular weight is 407 g/mol. The summed E-state index contributed by atoms with van der Waals surface area (Å²) in [5.41, 5.74) is 2.20. The molecule has 5 nitrogen and oxygen atoms in total. The van der Waals surface area contributed by atoms with Crippen LogP contribution < -0.4 is 20.1 Å². The van der Waals surface area contributed by atoms with Crippen LogP contribution in [0, 0.1) is 6.92 Å². The monoisotopic (exact) mass is 406 g/mol. The van der Waals surface area contributed by atoms with Crippen LogP contribution in [-0.4, -0.2) is 24.2 Å². The van der Waals surface area contributed by atoms with E-state index < -0.39 is 0 Å². The van der Waals surface area contributed by atoms with Gasteiger partial charge in [-0.3, -0.25) is 10.1 Å². The van der Waals surface area contributed by atoms with Gasteiger partial charge in [0.05, 0.1) is 0 Å². The lowest BCUT2D eigenvalue weighted by Gasteiger charge is -2.12. The third-order valence-corrected chi connectivity index (χ3v) is 4.28. The Hall–Kier alpha value is -3.38. The summed E-state index contributed by atoms with van der Waals surface area (Å²) in [6, 6.07) is 24.3. The number of carbonyl (C=O) groups is 1. The van der Waals surface area contributed by atoms with Gasteiger partial charge in [0, 0.05) is 17.3 Å². The zero-order valence-electron chi connectivity index (χ0n) is 16.1. The highest BCUT2D eigenvalue weighted by atomic mass is 32.1. The van der Waals surface area contributed by atoms with Gasteiger partial charge in [-0.1, -0.05) is 42.5 Å². The summed E-state index contributed by atoms with van der Waals surface area (Å²) in [6.45, 7) is 2.73. The van der Waals surface area contributed by atoms with Crippen LogP contribution in [0.3, 0.4) is 0 Å². The molecule has 0 spiro atoms. The molecule has 148 valence electrons. The van der Waals surface area contributed by atoms with E-state index >= 15 is 0 Å². The second-order valence-electron chi connectivity index (χ2n) is 6.26. The maximum absolute atomic E-state index is 12.3. The van der Waals surface area contributed by atoms with E-state index in [0.717, 1.165) is 17.0 Å². The molecule has 0 heterocycles. The average Bonchev–Trinajstić information content (AvgIpc) is 2.72. The summed E-state index contributed by atoms with van der Waals surface area (Å²) in [5, 5.41) is 5.93. The normalized spacial score (nSPS) is 10.1. The quantitative estimate of drug-likeness (QED) is 0.444. The minimum atomic E-state index is -0.244. The number of aryl methyl sites for hydroxylation is 1. The Bertz CT molecular complexity index is 977. The third kappa shape index (κ3) is 6.33. The Morgan fingerprint density at radius 1 is 0.862 bits per heavy atom. The lowest BCUT2D eigenvalue weighted by atomic mass is 10.1. The molecule has 0 atom stereocenters. The Morgan fingerprint density at radius 3 is 2.28 bits per heavy atom. The fraction of sp³-hybridized carbons (Fsp3) is 0.130. The lowest BCUT2D eigenvalue weighted by Crippen LogP contribution is -2.34. The highest BCUT2D eigenvalue weighted by Crippen LogP contribution is 2.17. The van der Waals surface area contributed by atoms with Crippen molar-refractivity contribution >= 4 is 28.9 Å². The topological polar surface area (TPSA) is 59.6 Å². The van der Waals surface area contributed by atoms with Crippen LogP contribution in [0.5, 0.6) is 11.5 Å². The molecule has 3 aromatic rings. The summed E-state index contributed by atoms with van der Waals surface area (Å²) in [4.78, 5) is 12.3. The van der Waals surface area contributed by atoms with E-state index in [1.807, 2.05) is 79.7 Å². The summed E-state index contributed by atoms with van der Waals surface area (Å²) < 4.78 is 11.3. The van der Waals surface area contributed by atoms with Gasteiger partial charge in [0.15, 0.2) is 5.11 Å². The standard InChI is InChI=1S/C23H22N2O3S/c1-17-8-5-6-13-21(17)22(26)25-23(29)24-18-9-7-12-20(16-18)28-15-14-27-19-10-3-2-4-11-19/h2-13,16H,14-15H2,1H3,(H2,24,25,26,29). The smallest absolute Gasteiger partial charge is 0.257 e. The van der Waals surface area contributed by atoms with Crippen molar-refractivity contribution in [2.75, 3.05) is 18.5 Å². The molecule has 3 aromatic carbocycles. The Morgan fingerprint density at radius 2 is 1.52 bits per heavy atom. The first kappa shape index (κ1) is 20.4. The second-order valence-corrected chi connectivity index (χ2v) is 6.67. The van der Waals surface area contributed by atoms with Crippen molar-refractivity contribution in [2.24, 2.45) is 0 Å². The molecule has 2 N–H and O–H groups in total. The van der Waals surface area contributed by atoms with Crippen LogP contribution in [0.4, 0.5) is 5.69 Å². The van der Waals surface area contributed by atoms with E-state index in [1.165, 1.54) is 0 Å². The summed E-state index contributed by atoms with van der Waals surface area (Å²) in [7, 11) is 0. The van der Waals surface area contributed by atoms with Gasteiger partial charge in [-0.05, 0) is 55.0 Å². The molecule has 29 heavy (non-hydrogen) atoms. The summed E-state index contributed by atoms with van der Waals surface area (Å²) in [6.07, 6.45) is 0. The Kier molecular flexibility index (Phi) is 7.19. The Balaban J connectivity index is 1.48. The molecule has 3 rings (SSSR count). The first-order chi connectivity index (χ1) is 14.1. The minimum Gasteiger partial charge on any atom is -0.490 e. The van der Waals surface area contributed by atoms with Crippen molar-refractivity contribution in [1.29, 1.82) is 0 Å². The number of ether oxygens (including phenoxy) is 2. The van der Waals surface area contributed by atoms with E-state index in [2.05, 4.69) is 10.6 Å². The predicted molar refractivity (Wildman–Crippen MR) is 119 cm³/mol. The number of thiocarbonyl (C=S) groups is 1. The lowest BCUT2D eigenvalue weighted by molar-refractivity contribution is 0.0977. The van der Waals surface area contributed by atoms with Gasteiger partial charge in [-0.2, -0.15) is 0 Å². The zero-order chi connectivity index (χ0) is 20.5. The van der Waals surface area contributed by atoms with Gasteiger partial charge in [0.2, 0.25) is 0 Å². The number of hydrogen-bond acceptors (Lipinski definition) is 4. The molecular formula is C23H22N2O3S.